The number of nitrogens with one attached hydrogen (secondary N) is 1. The monoisotopic (exact) mass is 391 g/mol. The molecule has 1 unspecified atom stereocenters. The second kappa shape index (κ2) is 7.70. The van der Waals surface area contributed by atoms with E-state index in [1.807, 2.05) is 67.3 Å². The lowest BCUT2D eigenvalue weighted by Crippen LogP contribution is -2.50. The normalized spacial score (nSPS) is 20.9. The summed E-state index contributed by atoms with van der Waals surface area (Å²) in [4.78, 5) is 33.1. The highest BCUT2D eigenvalue weighted by molar-refractivity contribution is 6.43. The zero-order chi connectivity index (χ0) is 20.4. The summed E-state index contributed by atoms with van der Waals surface area (Å²) in [7, 11) is 0. The second-order valence-corrected chi connectivity index (χ2v) is 7.94. The number of likely N-dealkylation sites (tertiary alicyclic amines) is 1. The number of rotatable bonds is 3. The van der Waals surface area contributed by atoms with E-state index in [9.17, 15) is 9.59 Å². The van der Waals surface area contributed by atoms with Crippen LogP contribution in [0.25, 0.3) is 0 Å². The topological polar surface area (TPSA) is 71.0 Å². The van der Waals surface area contributed by atoms with Gasteiger partial charge in [-0.3, -0.25) is 9.59 Å². The van der Waals surface area contributed by atoms with Crippen molar-refractivity contribution in [2.45, 2.75) is 38.7 Å². The Bertz CT molecular complexity index is 971. The van der Waals surface area contributed by atoms with Crippen molar-refractivity contribution in [1.29, 1.82) is 0 Å². The van der Waals surface area contributed by atoms with E-state index in [-0.39, 0.29) is 11.8 Å². The predicted molar refractivity (Wildman–Crippen MR) is 112 cm³/mol. The average molecular weight is 391 g/mol. The van der Waals surface area contributed by atoms with E-state index in [2.05, 4.69) is 10.5 Å². The molecule has 1 atom stereocenters. The standard InChI is InChI=1S/C23H25N3O3/c1-16-9-10-18(13-17(16)2)22(28)26-12-6-11-23(15-26)14-20(25-29-23)21(27)24-19-7-4-3-5-8-19/h3-5,7-10,13H,6,11-12,14-15H2,1-2H3,(H,24,27). The Balaban J connectivity index is 1.42. The molecule has 150 valence electrons. The van der Waals surface area contributed by atoms with E-state index in [1.165, 1.54) is 5.56 Å². The first-order valence-corrected chi connectivity index (χ1v) is 9.94. The SMILES string of the molecule is Cc1ccc(C(=O)N2CCCC3(CC(C(=O)Nc4ccccc4)=NO3)C2)cc1C. The lowest BCUT2D eigenvalue weighted by molar-refractivity contribution is -0.110. The number of carbonyl (C=O) groups is 2. The number of carbonyl (C=O) groups excluding carboxylic acids is 2. The number of hydrogen-bond acceptors (Lipinski definition) is 4. The number of nitrogens with zero attached hydrogens (tertiary/aromatic N) is 2. The van der Waals surface area contributed by atoms with Crippen LogP contribution in [-0.2, 0) is 9.63 Å². The Labute approximate surface area is 170 Å². The lowest BCUT2D eigenvalue weighted by Gasteiger charge is -2.38. The van der Waals surface area contributed by atoms with Crippen molar-refractivity contribution in [3.05, 3.63) is 65.2 Å². The quantitative estimate of drug-likeness (QED) is 0.867. The summed E-state index contributed by atoms with van der Waals surface area (Å²) in [5.74, 6) is -0.261. The van der Waals surface area contributed by atoms with Gasteiger partial charge in [0.15, 0.2) is 5.60 Å². The van der Waals surface area contributed by atoms with Crippen molar-refractivity contribution in [3.63, 3.8) is 0 Å². The van der Waals surface area contributed by atoms with Crippen LogP contribution in [0.15, 0.2) is 53.7 Å². The molecule has 2 aromatic rings. The van der Waals surface area contributed by atoms with E-state index in [0.717, 1.165) is 24.1 Å². The third kappa shape index (κ3) is 4.01. The summed E-state index contributed by atoms with van der Waals surface area (Å²) in [5.41, 5.74) is 3.43. The van der Waals surface area contributed by atoms with E-state index >= 15 is 0 Å². The summed E-state index contributed by atoms with van der Waals surface area (Å²) >= 11 is 0. The van der Waals surface area contributed by atoms with Gasteiger partial charge >= 0.3 is 0 Å². The lowest BCUT2D eigenvalue weighted by atomic mass is 9.87. The molecule has 0 saturated carbocycles. The van der Waals surface area contributed by atoms with E-state index < -0.39 is 5.60 Å². The maximum absolute atomic E-state index is 13.0. The Morgan fingerprint density at radius 3 is 2.66 bits per heavy atom. The smallest absolute Gasteiger partial charge is 0.273 e. The molecular weight excluding hydrogens is 366 g/mol. The van der Waals surface area contributed by atoms with Gasteiger partial charge in [0.2, 0.25) is 0 Å². The minimum atomic E-state index is -0.614. The van der Waals surface area contributed by atoms with Crippen LogP contribution in [0, 0.1) is 13.8 Å². The Kier molecular flexibility index (Phi) is 5.09. The average Bonchev–Trinajstić information content (AvgIpc) is 3.13. The molecule has 0 bridgehead atoms. The third-order valence-electron chi connectivity index (χ3n) is 5.71. The second-order valence-electron chi connectivity index (χ2n) is 7.94. The van der Waals surface area contributed by atoms with Crippen LogP contribution >= 0.6 is 0 Å². The van der Waals surface area contributed by atoms with Crippen molar-refractivity contribution >= 4 is 23.2 Å². The third-order valence-corrected chi connectivity index (χ3v) is 5.71. The fourth-order valence-electron chi connectivity index (χ4n) is 3.92. The van der Waals surface area contributed by atoms with Crippen molar-refractivity contribution in [2.24, 2.45) is 5.16 Å². The summed E-state index contributed by atoms with van der Waals surface area (Å²) in [6, 6.07) is 15.1. The first-order chi connectivity index (χ1) is 14.0. The fourth-order valence-corrected chi connectivity index (χ4v) is 3.92. The van der Waals surface area contributed by atoms with Gasteiger partial charge in [0.25, 0.3) is 11.8 Å². The van der Waals surface area contributed by atoms with E-state index in [1.54, 1.807) is 0 Å². The number of hydrogen-bond donors (Lipinski definition) is 1. The summed E-state index contributed by atoms with van der Waals surface area (Å²) < 4.78 is 0. The van der Waals surface area contributed by atoms with Crippen LogP contribution in [0.2, 0.25) is 0 Å². The van der Waals surface area contributed by atoms with Crippen molar-refractivity contribution in [2.75, 3.05) is 18.4 Å². The highest BCUT2D eigenvalue weighted by atomic mass is 16.7. The minimum Gasteiger partial charge on any atom is -0.386 e. The van der Waals surface area contributed by atoms with Gasteiger partial charge in [-0.15, -0.1) is 0 Å². The molecule has 29 heavy (non-hydrogen) atoms. The molecule has 2 amide bonds. The van der Waals surface area contributed by atoms with Gasteiger partial charge in [-0.25, -0.2) is 0 Å². The van der Waals surface area contributed by atoms with Gasteiger partial charge in [0.05, 0.1) is 6.54 Å². The molecule has 2 aliphatic rings. The Morgan fingerprint density at radius 1 is 1.10 bits per heavy atom. The molecule has 6 heteroatoms. The highest BCUT2D eigenvalue weighted by Crippen LogP contribution is 2.34. The number of piperidine rings is 1. The summed E-state index contributed by atoms with van der Waals surface area (Å²) in [6.45, 7) is 5.16. The molecule has 2 heterocycles. The van der Waals surface area contributed by atoms with Crippen molar-refractivity contribution < 1.29 is 14.4 Å². The van der Waals surface area contributed by atoms with Gasteiger partial charge in [0.1, 0.15) is 5.71 Å². The number of benzene rings is 2. The molecule has 4 rings (SSSR count). The molecule has 1 fully saturated rings. The molecule has 1 spiro atoms. The van der Waals surface area contributed by atoms with Gasteiger partial charge in [0, 0.05) is 24.2 Å². The molecule has 0 aliphatic carbocycles. The highest BCUT2D eigenvalue weighted by Gasteiger charge is 2.45. The zero-order valence-corrected chi connectivity index (χ0v) is 16.8. The molecule has 6 nitrogen and oxygen atoms in total. The number of amides is 2. The number of para-hydroxylation sites is 1. The van der Waals surface area contributed by atoms with Gasteiger partial charge in [-0.1, -0.05) is 29.4 Å². The van der Waals surface area contributed by atoms with Crippen LogP contribution < -0.4 is 5.32 Å². The zero-order valence-electron chi connectivity index (χ0n) is 16.8. The first-order valence-electron chi connectivity index (χ1n) is 9.94. The van der Waals surface area contributed by atoms with Crippen LogP contribution in [0.1, 0.15) is 40.7 Å². The summed E-state index contributed by atoms with van der Waals surface area (Å²) in [5, 5.41) is 6.91. The maximum atomic E-state index is 13.0. The number of anilines is 1. The van der Waals surface area contributed by atoms with Gasteiger partial charge < -0.3 is 15.1 Å². The molecular formula is C23H25N3O3. The van der Waals surface area contributed by atoms with Crippen molar-refractivity contribution in [3.8, 4) is 0 Å². The Morgan fingerprint density at radius 2 is 1.90 bits per heavy atom. The largest absolute Gasteiger partial charge is 0.386 e. The van der Waals surface area contributed by atoms with E-state index in [0.29, 0.717) is 30.8 Å². The molecule has 2 aliphatic heterocycles. The first kappa shape index (κ1) is 19.2. The maximum Gasteiger partial charge on any atom is 0.273 e. The molecule has 0 aromatic heterocycles. The van der Waals surface area contributed by atoms with E-state index in [4.69, 9.17) is 4.84 Å². The molecule has 1 N–H and O–H groups in total. The van der Waals surface area contributed by atoms with Gasteiger partial charge in [-0.2, -0.15) is 0 Å². The van der Waals surface area contributed by atoms with Crippen LogP contribution in [0.4, 0.5) is 5.69 Å². The fraction of sp³-hybridized carbons (Fsp3) is 0.348. The summed E-state index contributed by atoms with van der Waals surface area (Å²) in [6.07, 6.45) is 2.00. The van der Waals surface area contributed by atoms with Crippen LogP contribution in [0.5, 0.6) is 0 Å². The molecule has 1 saturated heterocycles. The van der Waals surface area contributed by atoms with Crippen LogP contribution in [0.3, 0.4) is 0 Å². The van der Waals surface area contributed by atoms with Crippen LogP contribution in [-0.4, -0.2) is 41.1 Å². The predicted octanol–water partition coefficient (Wildman–Crippen LogP) is 3.69. The number of oxime groups is 1. The van der Waals surface area contributed by atoms with Crippen molar-refractivity contribution in [1.82, 2.24) is 4.90 Å². The minimum absolute atomic E-state index is 0.00189. The van der Waals surface area contributed by atoms with Gasteiger partial charge in [-0.05, 0) is 62.1 Å². The number of aryl methyl sites for hydroxylation is 2. The molecule has 2 aromatic carbocycles. The Hall–Kier alpha value is -3.15. The molecule has 0 radical (unpaired) electrons.